The summed E-state index contributed by atoms with van der Waals surface area (Å²) in [6, 6.07) is -0.574. The van der Waals surface area contributed by atoms with E-state index in [0.29, 0.717) is 5.84 Å². The Morgan fingerprint density at radius 3 is 2.71 bits per heavy atom. The number of aliphatic imine (C=N–C) groups is 1. The predicted octanol–water partition coefficient (Wildman–Crippen LogP) is 2.14. The normalized spacial score (nSPS) is 25.6. The first-order valence-electron chi connectivity index (χ1n) is 6.17. The molecule has 2 amide bonds. The SMILES string of the molecule is C#CC(C)N1C(=O)N=C(N)C1(CC)CCCC. The Kier molecular flexibility index (Phi) is 4.17. The number of urea groups is 1. The van der Waals surface area contributed by atoms with Crippen molar-refractivity contribution in [2.45, 2.75) is 58.0 Å². The molecule has 0 spiro atoms. The summed E-state index contributed by atoms with van der Waals surface area (Å²) in [7, 11) is 0. The Morgan fingerprint density at radius 1 is 1.59 bits per heavy atom. The molecule has 0 saturated heterocycles. The molecular formula is C13H21N3O. The lowest BCUT2D eigenvalue weighted by Crippen LogP contribution is -2.56. The quantitative estimate of drug-likeness (QED) is 0.742. The van der Waals surface area contributed by atoms with Gasteiger partial charge in [0.1, 0.15) is 11.4 Å². The molecule has 2 N–H and O–H groups in total. The highest BCUT2D eigenvalue weighted by molar-refractivity contribution is 6.06. The molecule has 1 aliphatic heterocycles. The molecule has 0 aliphatic carbocycles. The molecular weight excluding hydrogens is 214 g/mol. The van der Waals surface area contributed by atoms with Crippen LogP contribution in [0.1, 0.15) is 46.5 Å². The van der Waals surface area contributed by atoms with Crippen molar-refractivity contribution in [1.82, 2.24) is 4.90 Å². The molecule has 0 bridgehead atoms. The molecule has 2 atom stereocenters. The molecule has 1 rings (SSSR count). The summed E-state index contributed by atoms with van der Waals surface area (Å²) in [5.74, 6) is 3.02. The van der Waals surface area contributed by atoms with Crippen LogP contribution in [0.5, 0.6) is 0 Å². The summed E-state index contributed by atoms with van der Waals surface area (Å²) < 4.78 is 0. The van der Waals surface area contributed by atoms with Gasteiger partial charge in [-0.05, 0) is 19.8 Å². The van der Waals surface area contributed by atoms with E-state index >= 15 is 0 Å². The van der Waals surface area contributed by atoms with Gasteiger partial charge < -0.3 is 5.73 Å². The molecule has 17 heavy (non-hydrogen) atoms. The zero-order chi connectivity index (χ0) is 13.1. The second kappa shape index (κ2) is 5.22. The summed E-state index contributed by atoms with van der Waals surface area (Å²) >= 11 is 0. The van der Waals surface area contributed by atoms with Crippen LogP contribution >= 0.6 is 0 Å². The standard InChI is InChI=1S/C13H21N3O/c1-5-8-9-13(7-3)11(14)15-12(17)16(13)10(4)6-2/h2,10H,5,7-9H2,1,3-4H3,(H2,14,15,17). The molecule has 0 aromatic heterocycles. The Labute approximate surface area is 103 Å². The van der Waals surface area contributed by atoms with Crippen molar-refractivity contribution >= 4 is 11.9 Å². The van der Waals surface area contributed by atoms with Gasteiger partial charge in [-0.3, -0.25) is 4.90 Å². The molecule has 4 heteroatoms. The van der Waals surface area contributed by atoms with Crippen LogP contribution in [0, 0.1) is 12.3 Å². The Morgan fingerprint density at radius 2 is 2.24 bits per heavy atom. The fourth-order valence-electron chi connectivity index (χ4n) is 2.42. The second-order valence-electron chi connectivity index (χ2n) is 4.48. The minimum absolute atomic E-state index is 0.274. The lowest BCUT2D eigenvalue weighted by molar-refractivity contribution is 0.147. The second-order valence-corrected chi connectivity index (χ2v) is 4.48. The fraction of sp³-hybridized carbons (Fsp3) is 0.692. The first-order chi connectivity index (χ1) is 8.03. The van der Waals surface area contributed by atoms with E-state index in [9.17, 15) is 4.79 Å². The van der Waals surface area contributed by atoms with Gasteiger partial charge in [0.05, 0.1) is 6.04 Å². The van der Waals surface area contributed by atoms with Crippen molar-refractivity contribution in [3.63, 3.8) is 0 Å². The third kappa shape index (κ3) is 2.14. The van der Waals surface area contributed by atoms with Crippen LogP contribution in [0.2, 0.25) is 0 Å². The molecule has 0 radical (unpaired) electrons. The molecule has 2 unspecified atom stereocenters. The van der Waals surface area contributed by atoms with Crippen LogP contribution in [-0.4, -0.2) is 28.3 Å². The molecule has 0 aromatic rings. The number of nitrogens with two attached hydrogens (primary N) is 1. The molecule has 0 aromatic carbocycles. The third-order valence-electron chi connectivity index (χ3n) is 3.52. The van der Waals surface area contributed by atoms with Crippen LogP contribution in [0.15, 0.2) is 4.99 Å². The first-order valence-corrected chi connectivity index (χ1v) is 6.17. The maximum Gasteiger partial charge on any atom is 0.347 e. The topological polar surface area (TPSA) is 58.7 Å². The van der Waals surface area contributed by atoms with Crippen LogP contribution in [0.25, 0.3) is 0 Å². The van der Waals surface area contributed by atoms with Gasteiger partial charge in [-0.15, -0.1) is 6.42 Å². The highest BCUT2D eigenvalue weighted by atomic mass is 16.2. The predicted molar refractivity (Wildman–Crippen MR) is 69.7 cm³/mol. The zero-order valence-corrected chi connectivity index (χ0v) is 10.9. The Balaban J connectivity index is 3.09. The maximum atomic E-state index is 11.9. The highest BCUT2D eigenvalue weighted by Crippen LogP contribution is 2.33. The number of nitrogens with zero attached hydrogens (tertiary/aromatic N) is 2. The van der Waals surface area contributed by atoms with Gasteiger partial charge in [0.25, 0.3) is 0 Å². The molecule has 0 fully saturated rings. The first kappa shape index (κ1) is 13.6. The van der Waals surface area contributed by atoms with E-state index in [1.54, 1.807) is 4.90 Å². The Bertz CT molecular complexity index is 369. The number of amides is 2. The molecule has 1 heterocycles. The smallest absolute Gasteiger partial charge is 0.347 e. The molecule has 4 nitrogen and oxygen atoms in total. The lowest BCUT2D eigenvalue weighted by atomic mass is 9.86. The number of unbranched alkanes of at least 4 members (excludes halogenated alkanes) is 1. The molecule has 94 valence electrons. The van der Waals surface area contributed by atoms with E-state index in [0.717, 1.165) is 25.7 Å². The van der Waals surface area contributed by atoms with Gasteiger partial charge in [0.15, 0.2) is 0 Å². The highest BCUT2D eigenvalue weighted by Gasteiger charge is 2.48. The molecule has 0 saturated carbocycles. The zero-order valence-electron chi connectivity index (χ0n) is 10.9. The molecule has 1 aliphatic rings. The largest absolute Gasteiger partial charge is 0.385 e. The van der Waals surface area contributed by atoms with E-state index in [2.05, 4.69) is 17.8 Å². The summed E-state index contributed by atoms with van der Waals surface area (Å²) in [4.78, 5) is 17.5. The number of amidine groups is 1. The average Bonchev–Trinajstić information content (AvgIpc) is 2.57. The van der Waals surface area contributed by atoms with Crippen molar-refractivity contribution < 1.29 is 4.79 Å². The van der Waals surface area contributed by atoms with Crippen LogP contribution < -0.4 is 5.73 Å². The van der Waals surface area contributed by atoms with E-state index in [4.69, 9.17) is 12.2 Å². The van der Waals surface area contributed by atoms with Crippen LogP contribution in [0.4, 0.5) is 4.79 Å². The van der Waals surface area contributed by atoms with Gasteiger partial charge in [-0.25, -0.2) is 4.79 Å². The maximum absolute atomic E-state index is 11.9. The number of hydrogen-bond donors (Lipinski definition) is 1. The number of rotatable bonds is 5. The van der Waals surface area contributed by atoms with Gasteiger partial charge in [0, 0.05) is 0 Å². The van der Waals surface area contributed by atoms with Gasteiger partial charge in [-0.2, -0.15) is 4.99 Å². The van der Waals surface area contributed by atoms with Crippen LogP contribution in [0.3, 0.4) is 0 Å². The van der Waals surface area contributed by atoms with Crippen molar-refractivity contribution in [2.75, 3.05) is 0 Å². The number of terminal acetylenes is 1. The van der Waals surface area contributed by atoms with Crippen molar-refractivity contribution in [1.29, 1.82) is 0 Å². The van der Waals surface area contributed by atoms with Crippen LogP contribution in [-0.2, 0) is 0 Å². The summed E-state index contributed by atoms with van der Waals surface area (Å²) in [6.45, 7) is 5.97. The lowest BCUT2D eigenvalue weighted by Gasteiger charge is -2.39. The number of carbonyl (C=O) groups excluding carboxylic acids is 1. The van der Waals surface area contributed by atoms with E-state index in [1.165, 1.54) is 0 Å². The van der Waals surface area contributed by atoms with E-state index < -0.39 is 5.54 Å². The number of carbonyl (C=O) groups is 1. The minimum Gasteiger partial charge on any atom is -0.385 e. The summed E-state index contributed by atoms with van der Waals surface area (Å²) in [5.41, 5.74) is 5.48. The van der Waals surface area contributed by atoms with Crippen molar-refractivity contribution in [2.24, 2.45) is 10.7 Å². The third-order valence-corrected chi connectivity index (χ3v) is 3.52. The fourth-order valence-corrected chi connectivity index (χ4v) is 2.42. The van der Waals surface area contributed by atoms with Gasteiger partial charge >= 0.3 is 6.03 Å². The number of hydrogen-bond acceptors (Lipinski definition) is 2. The monoisotopic (exact) mass is 235 g/mol. The summed E-state index contributed by atoms with van der Waals surface area (Å²) in [6.07, 6.45) is 9.07. The van der Waals surface area contributed by atoms with E-state index in [1.807, 2.05) is 13.8 Å². The van der Waals surface area contributed by atoms with Crippen molar-refractivity contribution in [3.05, 3.63) is 0 Å². The Hall–Kier alpha value is -1.50. The van der Waals surface area contributed by atoms with Gasteiger partial charge in [0.2, 0.25) is 0 Å². The van der Waals surface area contributed by atoms with E-state index in [-0.39, 0.29) is 12.1 Å². The average molecular weight is 235 g/mol. The summed E-state index contributed by atoms with van der Waals surface area (Å²) in [5, 5.41) is 0. The minimum atomic E-state index is -0.473. The van der Waals surface area contributed by atoms with Crippen molar-refractivity contribution in [3.8, 4) is 12.3 Å². The van der Waals surface area contributed by atoms with Gasteiger partial charge in [-0.1, -0.05) is 32.6 Å².